The van der Waals surface area contributed by atoms with Crippen LogP contribution in [0.15, 0.2) is 36.4 Å². The molecule has 0 saturated carbocycles. The molecule has 0 bridgehead atoms. The van der Waals surface area contributed by atoms with Gasteiger partial charge < -0.3 is 9.84 Å². The first-order valence-corrected chi connectivity index (χ1v) is 8.45. The van der Waals surface area contributed by atoms with Crippen LogP contribution in [0.25, 0.3) is 0 Å². The van der Waals surface area contributed by atoms with Crippen LogP contribution < -0.4 is 0 Å². The summed E-state index contributed by atoms with van der Waals surface area (Å²) in [4.78, 5) is 25.8. The van der Waals surface area contributed by atoms with Crippen LogP contribution in [0.2, 0.25) is 5.02 Å². The van der Waals surface area contributed by atoms with E-state index in [0.29, 0.717) is 17.9 Å². The molecule has 3 rings (SSSR count). The Kier molecular flexibility index (Phi) is 5.33. The minimum absolute atomic E-state index is 0.0206. The smallest absolute Gasteiger partial charge is 0.233 e. The summed E-state index contributed by atoms with van der Waals surface area (Å²) in [5.74, 6) is -0.892. The van der Waals surface area contributed by atoms with Crippen molar-refractivity contribution in [1.29, 1.82) is 0 Å². The molecule has 1 N–H and O–H groups in total. The van der Waals surface area contributed by atoms with E-state index >= 15 is 0 Å². The Morgan fingerprint density at radius 1 is 1.17 bits per heavy atom. The van der Waals surface area contributed by atoms with Crippen LogP contribution in [0.3, 0.4) is 0 Å². The van der Waals surface area contributed by atoms with Gasteiger partial charge in [-0.15, -0.1) is 0 Å². The molecule has 3 unspecified atom stereocenters. The van der Waals surface area contributed by atoms with Crippen molar-refractivity contribution in [2.75, 3.05) is 13.2 Å². The minimum Gasteiger partial charge on any atom is -0.389 e. The van der Waals surface area contributed by atoms with Crippen LogP contribution in [0.1, 0.15) is 18.4 Å². The molecule has 2 amide bonds. The minimum atomic E-state index is -0.909. The number of hydrogen-bond acceptors (Lipinski definition) is 4. The maximum absolute atomic E-state index is 12.3. The number of fused-ring (bicyclic) bond motifs is 1. The summed E-state index contributed by atoms with van der Waals surface area (Å²) in [5, 5.41) is 10.7. The van der Waals surface area contributed by atoms with Crippen LogP contribution in [-0.4, -0.2) is 41.1 Å². The number of likely N-dealkylation sites (tertiary alicyclic amines) is 1. The number of rotatable bonds is 6. The maximum atomic E-state index is 12.3. The van der Waals surface area contributed by atoms with E-state index < -0.39 is 6.10 Å². The van der Waals surface area contributed by atoms with Crippen LogP contribution in [-0.2, 0) is 20.9 Å². The van der Waals surface area contributed by atoms with Crippen molar-refractivity contribution in [3.63, 3.8) is 0 Å². The number of ether oxygens (including phenoxy) is 1. The van der Waals surface area contributed by atoms with E-state index in [1.807, 2.05) is 30.4 Å². The molecule has 1 heterocycles. The van der Waals surface area contributed by atoms with E-state index in [0.717, 1.165) is 5.56 Å². The SMILES string of the molecule is O=C1C2CC=CCC2C(=O)N1CC(O)COCc1ccccc1Cl. The van der Waals surface area contributed by atoms with Gasteiger partial charge in [-0.05, 0) is 24.5 Å². The molecule has 5 nitrogen and oxygen atoms in total. The number of halogens is 1. The van der Waals surface area contributed by atoms with Gasteiger partial charge in [-0.1, -0.05) is 42.0 Å². The second kappa shape index (κ2) is 7.47. The third-order valence-corrected chi connectivity index (χ3v) is 4.89. The molecule has 1 aliphatic heterocycles. The lowest BCUT2D eigenvalue weighted by Gasteiger charge is -2.19. The zero-order valence-corrected chi connectivity index (χ0v) is 14.0. The number of carbonyl (C=O) groups excluding carboxylic acids is 2. The van der Waals surface area contributed by atoms with E-state index in [-0.39, 0.29) is 43.4 Å². The van der Waals surface area contributed by atoms with Gasteiger partial charge in [-0.2, -0.15) is 0 Å². The second-order valence-electron chi connectivity index (χ2n) is 6.20. The van der Waals surface area contributed by atoms with Gasteiger partial charge in [-0.25, -0.2) is 0 Å². The standard InChI is InChI=1S/C18H20ClNO4/c19-16-8-4-1-5-12(16)10-24-11-13(21)9-20-17(22)14-6-2-3-7-15(14)18(20)23/h1-5,8,13-15,21H,6-7,9-11H2. The topological polar surface area (TPSA) is 66.8 Å². The van der Waals surface area contributed by atoms with Gasteiger partial charge in [0.05, 0.1) is 37.7 Å². The molecule has 6 heteroatoms. The molecule has 3 atom stereocenters. The molecule has 1 fully saturated rings. The van der Waals surface area contributed by atoms with E-state index in [9.17, 15) is 14.7 Å². The first-order valence-electron chi connectivity index (χ1n) is 8.07. The first-order chi connectivity index (χ1) is 11.6. The normalized spacial score (nSPS) is 24.3. The molecule has 1 aromatic carbocycles. The Bertz CT molecular complexity index is 634. The summed E-state index contributed by atoms with van der Waals surface area (Å²) in [7, 11) is 0. The summed E-state index contributed by atoms with van der Waals surface area (Å²) < 4.78 is 5.47. The van der Waals surface area contributed by atoms with Crippen molar-refractivity contribution in [1.82, 2.24) is 4.90 Å². The van der Waals surface area contributed by atoms with Gasteiger partial charge in [0.15, 0.2) is 0 Å². The Balaban J connectivity index is 1.50. The largest absolute Gasteiger partial charge is 0.389 e. The molecule has 1 saturated heterocycles. The number of β-amino-alcohol motifs (C(OH)–C–C–N with tert-alkyl or cyclic N) is 1. The lowest BCUT2D eigenvalue weighted by Crippen LogP contribution is -2.39. The van der Waals surface area contributed by atoms with Crippen molar-refractivity contribution >= 4 is 23.4 Å². The first kappa shape index (κ1) is 17.1. The third-order valence-electron chi connectivity index (χ3n) is 4.52. The summed E-state index contributed by atoms with van der Waals surface area (Å²) in [6.07, 6.45) is 4.18. The van der Waals surface area contributed by atoms with Gasteiger partial charge in [0, 0.05) is 5.02 Å². The van der Waals surface area contributed by atoms with E-state index in [2.05, 4.69) is 0 Å². The second-order valence-corrected chi connectivity index (χ2v) is 6.61. The summed E-state index contributed by atoms with van der Waals surface area (Å²) in [5.41, 5.74) is 0.830. The van der Waals surface area contributed by atoms with Crippen molar-refractivity contribution in [2.45, 2.75) is 25.6 Å². The molecule has 0 spiro atoms. The fraction of sp³-hybridized carbons (Fsp3) is 0.444. The van der Waals surface area contributed by atoms with E-state index in [4.69, 9.17) is 16.3 Å². The monoisotopic (exact) mass is 349 g/mol. The summed E-state index contributed by atoms with van der Waals surface area (Å²) in [6.45, 7) is 0.289. The number of aliphatic hydroxyl groups excluding tert-OH is 1. The Hall–Kier alpha value is -1.69. The lowest BCUT2D eigenvalue weighted by molar-refractivity contribution is -0.142. The van der Waals surface area contributed by atoms with Gasteiger partial charge in [-0.3, -0.25) is 14.5 Å². The molecular weight excluding hydrogens is 330 g/mol. The van der Waals surface area contributed by atoms with Crippen LogP contribution in [0.4, 0.5) is 0 Å². The molecule has 1 aromatic rings. The highest BCUT2D eigenvalue weighted by Crippen LogP contribution is 2.35. The predicted molar refractivity (Wildman–Crippen MR) is 89.2 cm³/mol. The van der Waals surface area contributed by atoms with Crippen LogP contribution in [0.5, 0.6) is 0 Å². The van der Waals surface area contributed by atoms with Crippen molar-refractivity contribution in [2.24, 2.45) is 11.8 Å². The highest BCUT2D eigenvalue weighted by molar-refractivity contribution is 6.31. The molecular formula is C18H20ClNO4. The predicted octanol–water partition coefficient (Wildman–Crippen LogP) is 2.17. The van der Waals surface area contributed by atoms with E-state index in [1.54, 1.807) is 6.07 Å². The molecule has 2 aliphatic rings. The molecule has 1 aliphatic carbocycles. The number of imide groups is 1. The Morgan fingerprint density at radius 2 is 1.79 bits per heavy atom. The van der Waals surface area contributed by atoms with Crippen LogP contribution in [0, 0.1) is 11.8 Å². The van der Waals surface area contributed by atoms with Gasteiger partial charge in [0.1, 0.15) is 0 Å². The van der Waals surface area contributed by atoms with Crippen molar-refractivity contribution in [3.8, 4) is 0 Å². The number of amides is 2. The average molecular weight is 350 g/mol. The Morgan fingerprint density at radius 3 is 2.42 bits per heavy atom. The Labute approximate surface area is 145 Å². The quantitative estimate of drug-likeness (QED) is 0.631. The molecule has 24 heavy (non-hydrogen) atoms. The summed E-state index contributed by atoms with van der Waals surface area (Å²) in [6, 6.07) is 7.31. The zero-order valence-electron chi connectivity index (χ0n) is 13.2. The lowest BCUT2D eigenvalue weighted by atomic mass is 9.85. The highest BCUT2D eigenvalue weighted by atomic mass is 35.5. The molecule has 128 valence electrons. The number of allylic oxidation sites excluding steroid dienone is 2. The highest BCUT2D eigenvalue weighted by Gasteiger charge is 2.47. The van der Waals surface area contributed by atoms with Crippen molar-refractivity contribution < 1.29 is 19.4 Å². The fourth-order valence-electron chi connectivity index (χ4n) is 3.23. The third kappa shape index (κ3) is 3.53. The molecule has 0 aromatic heterocycles. The number of nitrogens with zero attached hydrogens (tertiary/aromatic N) is 1. The van der Waals surface area contributed by atoms with Gasteiger partial charge in [0.25, 0.3) is 0 Å². The summed E-state index contributed by atoms with van der Waals surface area (Å²) >= 11 is 6.04. The van der Waals surface area contributed by atoms with E-state index in [1.165, 1.54) is 4.90 Å². The zero-order chi connectivity index (χ0) is 17.1. The number of aliphatic hydroxyl groups is 1. The number of hydrogen-bond donors (Lipinski definition) is 1. The van der Waals surface area contributed by atoms with Crippen LogP contribution >= 0.6 is 11.6 Å². The maximum Gasteiger partial charge on any atom is 0.233 e. The van der Waals surface area contributed by atoms with Crippen molar-refractivity contribution in [3.05, 3.63) is 47.0 Å². The molecule has 0 radical (unpaired) electrons. The van der Waals surface area contributed by atoms with Gasteiger partial charge >= 0.3 is 0 Å². The fourth-order valence-corrected chi connectivity index (χ4v) is 3.42. The number of carbonyl (C=O) groups is 2. The average Bonchev–Trinajstić information content (AvgIpc) is 2.82. The van der Waals surface area contributed by atoms with Gasteiger partial charge in [0.2, 0.25) is 11.8 Å². The number of benzene rings is 1.